The van der Waals surface area contributed by atoms with Crippen LogP contribution in [0.1, 0.15) is 19.8 Å². The van der Waals surface area contributed by atoms with E-state index in [2.05, 4.69) is 47.6 Å². The fourth-order valence-corrected chi connectivity index (χ4v) is 1.69. The van der Waals surface area contributed by atoms with Crippen LogP contribution in [0.25, 0.3) is 11.1 Å². The second-order valence-electron chi connectivity index (χ2n) is 3.95. The number of aromatic nitrogens is 1. The van der Waals surface area contributed by atoms with Crippen molar-refractivity contribution in [3.63, 3.8) is 0 Å². The fourth-order valence-electron chi connectivity index (χ4n) is 1.69. The molecule has 1 aromatic heterocycles. The molecular formula is C14H18N2. The predicted molar refractivity (Wildman–Crippen MR) is 69.6 cm³/mol. The Balaban J connectivity index is 2.02. The lowest BCUT2D eigenvalue weighted by Crippen LogP contribution is -2.00. The largest absolute Gasteiger partial charge is 0.372 e. The van der Waals surface area contributed by atoms with Gasteiger partial charge in [0.2, 0.25) is 0 Å². The molecule has 0 unspecified atom stereocenters. The van der Waals surface area contributed by atoms with Gasteiger partial charge in [-0.2, -0.15) is 0 Å². The minimum absolute atomic E-state index is 1.03. The number of anilines is 1. The van der Waals surface area contributed by atoms with E-state index < -0.39 is 0 Å². The molecule has 2 nitrogen and oxygen atoms in total. The fraction of sp³-hybridized carbons (Fsp3) is 0.286. The van der Waals surface area contributed by atoms with E-state index >= 15 is 0 Å². The number of aromatic amines is 1. The van der Waals surface area contributed by atoms with E-state index in [-0.39, 0.29) is 0 Å². The highest BCUT2D eigenvalue weighted by Gasteiger charge is 2.00. The van der Waals surface area contributed by atoms with Crippen LogP contribution in [0.5, 0.6) is 0 Å². The Bertz CT molecular complexity index is 417. The van der Waals surface area contributed by atoms with Crippen molar-refractivity contribution >= 4 is 5.82 Å². The van der Waals surface area contributed by atoms with Crippen molar-refractivity contribution in [3.05, 3.63) is 42.6 Å². The second-order valence-corrected chi connectivity index (χ2v) is 3.95. The van der Waals surface area contributed by atoms with Crippen LogP contribution in [-0.4, -0.2) is 11.5 Å². The Morgan fingerprint density at radius 1 is 1.12 bits per heavy atom. The third kappa shape index (κ3) is 2.66. The first-order chi connectivity index (χ1) is 7.90. The molecule has 0 amide bonds. The number of H-pyrrole nitrogens is 1. The monoisotopic (exact) mass is 214 g/mol. The Hall–Kier alpha value is -1.70. The molecule has 0 spiro atoms. The molecule has 0 aliphatic heterocycles. The molecule has 2 rings (SSSR count). The van der Waals surface area contributed by atoms with Gasteiger partial charge in [-0.05, 0) is 18.1 Å². The van der Waals surface area contributed by atoms with E-state index in [1.54, 1.807) is 0 Å². The Kier molecular flexibility index (Phi) is 3.65. The summed E-state index contributed by atoms with van der Waals surface area (Å²) in [6.45, 7) is 3.23. The van der Waals surface area contributed by atoms with Crippen LogP contribution in [0.15, 0.2) is 42.6 Å². The van der Waals surface area contributed by atoms with Crippen LogP contribution in [-0.2, 0) is 0 Å². The molecule has 0 aliphatic carbocycles. The Morgan fingerprint density at radius 3 is 2.69 bits per heavy atom. The molecule has 0 aliphatic rings. The third-order valence-electron chi connectivity index (χ3n) is 2.64. The van der Waals surface area contributed by atoms with Crippen molar-refractivity contribution in [1.29, 1.82) is 0 Å². The maximum Gasteiger partial charge on any atom is 0.103 e. The lowest BCUT2D eigenvalue weighted by molar-refractivity contribution is 0.832. The average molecular weight is 214 g/mol. The zero-order chi connectivity index (χ0) is 11.2. The zero-order valence-electron chi connectivity index (χ0n) is 9.66. The molecule has 2 N–H and O–H groups in total. The van der Waals surface area contributed by atoms with Gasteiger partial charge in [-0.15, -0.1) is 0 Å². The normalized spacial score (nSPS) is 10.3. The number of hydrogen-bond donors (Lipinski definition) is 2. The number of benzene rings is 1. The van der Waals surface area contributed by atoms with E-state index in [0.29, 0.717) is 0 Å². The first kappa shape index (κ1) is 10.8. The molecule has 84 valence electrons. The highest BCUT2D eigenvalue weighted by Crippen LogP contribution is 2.21. The van der Waals surface area contributed by atoms with Crippen molar-refractivity contribution in [3.8, 4) is 11.1 Å². The number of nitrogens with one attached hydrogen (secondary N) is 2. The third-order valence-corrected chi connectivity index (χ3v) is 2.64. The first-order valence-electron chi connectivity index (χ1n) is 5.88. The van der Waals surface area contributed by atoms with Gasteiger partial charge >= 0.3 is 0 Å². The molecule has 1 aromatic carbocycles. The molecule has 2 aromatic rings. The molecule has 0 atom stereocenters. The topological polar surface area (TPSA) is 27.8 Å². The molecule has 2 heteroatoms. The minimum Gasteiger partial charge on any atom is -0.372 e. The summed E-state index contributed by atoms with van der Waals surface area (Å²) in [6, 6.07) is 12.6. The second kappa shape index (κ2) is 5.40. The summed E-state index contributed by atoms with van der Waals surface area (Å²) in [5.41, 5.74) is 2.49. The summed E-state index contributed by atoms with van der Waals surface area (Å²) in [7, 11) is 0. The lowest BCUT2D eigenvalue weighted by Gasteiger charge is -2.00. The maximum atomic E-state index is 3.38. The summed E-state index contributed by atoms with van der Waals surface area (Å²) in [4.78, 5) is 3.25. The van der Waals surface area contributed by atoms with Gasteiger partial charge in [0.05, 0.1) is 0 Å². The van der Waals surface area contributed by atoms with Crippen LogP contribution < -0.4 is 5.32 Å². The van der Waals surface area contributed by atoms with E-state index in [9.17, 15) is 0 Å². The van der Waals surface area contributed by atoms with E-state index in [1.165, 1.54) is 24.0 Å². The van der Waals surface area contributed by atoms with Crippen LogP contribution in [0, 0.1) is 0 Å². The number of rotatable bonds is 5. The van der Waals surface area contributed by atoms with Crippen LogP contribution in [0.2, 0.25) is 0 Å². The first-order valence-corrected chi connectivity index (χ1v) is 5.88. The molecule has 16 heavy (non-hydrogen) atoms. The van der Waals surface area contributed by atoms with Crippen molar-refractivity contribution in [2.24, 2.45) is 0 Å². The highest BCUT2D eigenvalue weighted by molar-refractivity contribution is 5.66. The zero-order valence-corrected chi connectivity index (χ0v) is 9.66. The summed E-state index contributed by atoms with van der Waals surface area (Å²) in [6.07, 6.45) is 4.47. The molecule has 0 radical (unpaired) electrons. The highest BCUT2D eigenvalue weighted by atomic mass is 15.0. The van der Waals surface area contributed by atoms with Gasteiger partial charge in [-0.1, -0.05) is 43.7 Å². The standard InChI is InChI=1S/C14H18N2/c1-2-3-9-15-14-10-13(11-16-14)12-7-5-4-6-8-12/h4-8,10-11,15-16H,2-3,9H2,1H3. The van der Waals surface area contributed by atoms with Crippen LogP contribution in [0.3, 0.4) is 0 Å². The molecular weight excluding hydrogens is 196 g/mol. The van der Waals surface area contributed by atoms with Gasteiger partial charge in [0.1, 0.15) is 5.82 Å². The molecule has 1 heterocycles. The number of hydrogen-bond acceptors (Lipinski definition) is 1. The summed E-state index contributed by atoms with van der Waals surface area (Å²) < 4.78 is 0. The van der Waals surface area contributed by atoms with Crippen molar-refractivity contribution < 1.29 is 0 Å². The van der Waals surface area contributed by atoms with Gasteiger partial charge in [0.25, 0.3) is 0 Å². The molecule has 0 saturated heterocycles. The van der Waals surface area contributed by atoms with Gasteiger partial charge in [0, 0.05) is 18.3 Å². The van der Waals surface area contributed by atoms with Crippen molar-refractivity contribution in [2.75, 3.05) is 11.9 Å². The van der Waals surface area contributed by atoms with E-state index in [0.717, 1.165) is 12.4 Å². The Morgan fingerprint density at radius 2 is 1.94 bits per heavy atom. The predicted octanol–water partition coefficient (Wildman–Crippen LogP) is 3.89. The molecule has 0 fully saturated rings. The van der Waals surface area contributed by atoms with Gasteiger partial charge in [-0.3, -0.25) is 0 Å². The van der Waals surface area contributed by atoms with Crippen molar-refractivity contribution in [2.45, 2.75) is 19.8 Å². The number of unbranched alkanes of at least 4 members (excludes halogenated alkanes) is 1. The smallest absolute Gasteiger partial charge is 0.103 e. The summed E-state index contributed by atoms with van der Waals surface area (Å²) in [5.74, 6) is 1.10. The quantitative estimate of drug-likeness (QED) is 0.726. The van der Waals surface area contributed by atoms with Gasteiger partial charge < -0.3 is 10.3 Å². The Labute approximate surface area is 96.7 Å². The van der Waals surface area contributed by atoms with Gasteiger partial charge in [0.15, 0.2) is 0 Å². The van der Waals surface area contributed by atoms with E-state index in [4.69, 9.17) is 0 Å². The molecule has 0 saturated carbocycles. The minimum atomic E-state index is 1.03. The van der Waals surface area contributed by atoms with E-state index in [1.807, 2.05) is 12.3 Å². The van der Waals surface area contributed by atoms with Crippen LogP contribution >= 0.6 is 0 Å². The SMILES string of the molecule is CCCCNc1cc(-c2ccccc2)c[nH]1. The summed E-state index contributed by atoms with van der Waals surface area (Å²) in [5, 5.41) is 3.38. The van der Waals surface area contributed by atoms with Crippen LogP contribution in [0.4, 0.5) is 5.82 Å². The average Bonchev–Trinajstić information content (AvgIpc) is 2.79. The lowest BCUT2D eigenvalue weighted by atomic mass is 10.1. The van der Waals surface area contributed by atoms with Crippen molar-refractivity contribution in [1.82, 2.24) is 4.98 Å². The maximum absolute atomic E-state index is 3.38. The van der Waals surface area contributed by atoms with Gasteiger partial charge in [-0.25, -0.2) is 0 Å². The molecule has 0 bridgehead atoms. The summed E-state index contributed by atoms with van der Waals surface area (Å²) >= 11 is 0.